The Bertz CT molecular complexity index is 794. The lowest BCUT2D eigenvalue weighted by atomic mass is 10.0. The molecule has 5 nitrogen and oxygen atoms in total. The summed E-state index contributed by atoms with van der Waals surface area (Å²) in [5.41, 5.74) is 3.53. The molecular formula is C16H15N3O2S. The predicted molar refractivity (Wildman–Crippen MR) is 85.3 cm³/mol. The maximum atomic E-state index is 11.9. The van der Waals surface area contributed by atoms with Gasteiger partial charge in [-0.1, -0.05) is 34.9 Å². The average Bonchev–Trinajstić information content (AvgIpc) is 3.13. The summed E-state index contributed by atoms with van der Waals surface area (Å²) >= 11 is 1.36. The van der Waals surface area contributed by atoms with Gasteiger partial charge in [0.05, 0.1) is 11.3 Å². The zero-order valence-electron chi connectivity index (χ0n) is 12.3. The van der Waals surface area contributed by atoms with Crippen LogP contribution in [0.25, 0.3) is 0 Å². The SMILES string of the molecule is Cc1ccc(Cc2nnc(NC(=O)c3cccs3)o2)c(C)c1. The molecule has 112 valence electrons. The Labute approximate surface area is 132 Å². The van der Waals surface area contributed by atoms with Crippen molar-refractivity contribution in [1.29, 1.82) is 0 Å². The van der Waals surface area contributed by atoms with Crippen LogP contribution in [-0.4, -0.2) is 16.1 Å². The summed E-state index contributed by atoms with van der Waals surface area (Å²) in [4.78, 5) is 12.5. The minimum absolute atomic E-state index is 0.123. The molecular weight excluding hydrogens is 298 g/mol. The quantitative estimate of drug-likeness (QED) is 0.799. The molecule has 0 aliphatic carbocycles. The van der Waals surface area contributed by atoms with Crippen molar-refractivity contribution in [3.05, 3.63) is 63.2 Å². The number of nitrogens with one attached hydrogen (secondary N) is 1. The maximum Gasteiger partial charge on any atom is 0.322 e. The van der Waals surface area contributed by atoms with E-state index in [9.17, 15) is 4.79 Å². The van der Waals surface area contributed by atoms with Crippen LogP contribution in [0.15, 0.2) is 40.1 Å². The lowest BCUT2D eigenvalue weighted by Gasteiger charge is -2.03. The monoisotopic (exact) mass is 313 g/mol. The Morgan fingerprint density at radius 3 is 2.86 bits per heavy atom. The fourth-order valence-electron chi connectivity index (χ4n) is 2.15. The summed E-state index contributed by atoms with van der Waals surface area (Å²) in [5, 5.41) is 12.3. The van der Waals surface area contributed by atoms with Crippen molar-refractivity contribution in [2.45, 2.75) is 20.3 Å². The molecule has 3 rings (SSSR count). The second-order valence-electron chi connectivity index (χ2n) is 5.04. The Balaban J connectivity index is 1.70. The van der Waals surface area contributed by atoms with Crippen LogP contribution in [0.2, 0.25) is 0 Å². The van der Waals surface area contributed by atoms with E-state index >= 15 is 0 Å². The van der Waals surface area contributed by atoms with Crippen LogP contribution < -0.4 is 5.32 Å². The topological polar surface area (TPSA) is 68.0 Å². The summed E-state index contributed by atoms with van der Waals surface area (Å²) < 4.78 is 5.49. The van der Waals surface area contributed by atoms with Gasteiger partial charge in [0, 0.05) is 0 Å². The molecule has 0 bridgehead atoms. The number of aryl methyl sites for hydroxylation is 2. The first-order chi connectivity index (χ1) is 10.6. The van der Waals surface area contributed by atoms with Crippen LogP contribution in [0.4, 0.5) is 6.01 Å². The van der Waals surface area contributed by atoms with E-state index in [0.717, 1.165) is 5.56 Å². The van der Waals surface area contributed by atoms with Gasteiger partial charge in [-0.05, 0) is 36.4 Å². The molecule has 22 heavy (non-hydrogen) atoms. The van der Waals surface area contributed by atoms with Crippen molar-refractivity contribution in [3.8, 4) is 0 Å². The molecule has 0 saturated carbocycles. The Morgan fingerprint density at radius 2 is 2.14 bits per heavy atom. The van der Waals surface area contributed by atoms with E-state index in [2.05, 4.69) is 47.6 Å². The second kappa shape index (κ2) is 6.11. The van der Waals surface area contributed by atoms with Crippen molar-refractivity contribution in [1.82, 2.24) is 10.2 Å². The molecule has 0 spiro atoms. The minimum Gasteiger partial charge on any atom is -0.407 e. The van der Waals surface area contributed by atoms with Crippen LogP contribution in [0.5, 0.6) is 0 Å². The standard InChI is InChI=1S/C16H15N3O2S/c1-10-5-6-12(11(2)8-10)9-14-18-19-16(21-14)17-15(20)13-4-3-7-22-13/h3-8H,9H2,1-2H3,(H,17,19,20). The fraction of sp³-hybridized carbons (Fsp3) is 0.188. The molecule has 1 amide bonds. The molecule has 3 aromatic rings. The summed E-state index contributed by atoms with van der Waals surface area (Å²) in [6.45, 7) is 4.11. The maximum absolute atomic E-state index is 11.9. The first-order valence-electron chi connectivity index (χ1n) is 6.85. The van der Waals surface area contributed by atoms with Crippen molar-refractivity contribution >= 4 is 23.3 Å². The van der Waals surface area contributed by atoms with E-state index in [1.807, 2.05) is 11.4 Å². The zero-order valence-corrected chi connectivity index (χ0v) is 13.1. The van der Waals surface area contributed by atoms with Gasteiger partial charge < -0.3 is 4.42 Å². The number of rotatable bonds is 4. The van der Waals surface area contributed by atoms with E-state index in [4.69, 9.17) is 4.42 Å². The van der Waals surface area contributed by atoms with E-state index < -0.39 is 0 Å². The van der Waals surface area contributed by atoms with Crippen LogP contribution in [0.3, 0.4) is 0 Å². The van der Waals surface area contributed by atoms with E-state index in [-0.39, 0.29) is 11.9 Å². The van der Waals surface area contributed by atoms with Crippen molar-refractivity contribution in [2.75, 3.05) is 5.32 Å². The lowest BCUT2D eigenvalue weighted by molar-refractivity contribution is 0.102. The summed E-state index contributed by atoms with van der Waals surface area (Å²) in [5.74, 6) is 0.241. The number of amides is 1. The van der Waals surface area contributed by atoms with Gasteiger partial charge in [-0.15, -0.1) is 16.4 Å². The van der Waals surface area contributed by atoms with Gasteiger partial charge in [0.15, 0.2) is 0 Å². The summed E-state index contributed by atoms with van der Waals surface area (Å²) in [6.07, 6.45) is 0.550. The third-order valence-electron chi connectivity index (χ3n) is 3.27. The Hall–Kier alpha value is -2.47. The molecule has 0 atom stereocenters. The highest BCUT2D eigenvalue weighted by atomic mass is 32.1. The molecule has 0 radical (unpaired) electrons. The highest BCUT2D eigenvalue weighted by molar-refractivity contribution is 7.12. The number of thiophene rings is 1. The first-order valence-corrected chi connectivity index (χ1v) is 7.73. The van der Waals surface area contributed by atoms with Crippen molar-refractivity contribution in [2.24, 2.45) is 0 Å². The van der Waals surface area contributed by atoms with Crippen LogP contribution in [0, 0.1) is 13.8 Å². The van der Waals surface area contributed by atoms with Gasteiger partial charge in [0.1, 0.15) is 0 Å². The average molecular weight is 313 g/mol. The molecule has 1 N–H and O–H groups in total. The molecule has 2 aromatic heterocycles. The number of carbonyl (C=O) groups is 1. The zero-order chi connectivity index (χ0) is 15.5. The molecule has 0 unspecified atom stereocenters. The predicted octanol–water partition coefficient (Wildman–Crippen LogP) is 3.59. The number of anilines is 1. The van der Waals surface area contributed by atoms with Gasteiger partial charge in [-0.3, -0.25) is 10.1 Å². The van der Waals surface area contributed by atoms with Gasteiger partial charge in [-0.2, -0.15) is 0 Å². The largest absolute Gasteiger partial charge is 0.407 e. The first kappa shape index (κ1) is 14.5. The number of hydrogen-bond acceptors (Lipinski definition) is 5. The van der Waals surface area contributed by atoms with Crippen molar-refractivity contribution < 1.29 is 9.21 Å². The molecule has 2 heterocycles. The highest BCUT2D eigenvalue weighted by Gasteiger charge is 2.13. The number of hydrogen-bond donors (Lipinski definition) is 1. The number of benzene rings is 1. The van der Waals surface area contributed by atoms with E-state index in [0.29, 0.717) is 17.2 Å². The van der Waals surface area contributed by atoms with Crippen LogP contribution in [-0.2, 0) is 6.42 Å². The van der Waals surface area contributed by atoms with Crippen LogP contribution >= 0.6 is 11.3 Å². The number of nitrogens with zero attached hydrogens (tertiary/aromatic N) is 2. The third-order valence-corrected chi connectivity index (χ3v) is 4.14. The van der Waals surface area contributed by atoms with Gasteiger partial charge in [-0.25, -0.2) is 0 Å². The molecule has 0 aliphatic heterocycles. The van der Waals surface area contributed by atoms with Crippen LogP contribution in [0.1, 0.15) is 32.3 Å². The van der Waals surface area contributed by atoms with Gasteiger partial charge in [0.25, 0.3) is 5.91 Å². The number of aromatic nitrogens is 2. The number of carbonyl (C=O) groups excluding carboxylic acids is 1. The Morgan fingerprint density at radius 1 is 1.27 bits per heavy atom. The fourth-order valence-corrected chi connectivity index (χ4v) is 2.77. The summed E-state index contributed by atoms with van der Waals surface area (Å²) in [7, 11) is 0. The smallest absolute Gasteiger partial charge is 0.322 e. The molecule has 0 saturated heterocycles. The summed E-state index contributed by atoms with van der Waals surface area (Å²) in [6, 6.07) is 9.91. The third kappa shape index (κ3) is 3.23. The van der Waals surface area contributed by atoms with Gasteiger partial charge >= 0.3 is 6.01 Å². The minimum atomic E-state index is -0.239. The molecule has 6 heteroatoms. The molecule has 0 fully saturated rings. The Kier molecular flexibility index (Phi) is 4.02. The molecule has 1 aromatic carbocycles. The lowest BCUT2D eigenvalue weighted by Crippen LogP contribution is -2.10. The van der Waals surface area contributed by atoms with Gasteiger partial charge in [0.2, 0.25) is 5.89 Å². The van der Waals surface area contributed by atoms with Crippen molar-refractivity contribution in [3.63, 3.8) is 0 Å². The second-order valence-corrected chi connectivity index (χ2v) is 5.99. The molecule has 0 aliphatic rings. The van der Waals surface area contributed by atoms with E-state index in [1.165, 1.54) is 22.5 Å². The normalized spacial score (nSPS) is 10.6. The highest BCUT2D eigenvalue weighted by Crippen LogP contribution is 2.17. The van der Waals surface area contributed by atoms with E-state index in [1.54, 1.807) is 6.07 Å².